The van der Waals surface area contributed by atoms with Gasteiger partial charge >= 0.3 is 0 Å². The van der Waals surface area contributed by atoms with Gasteiger partial charge in [0, 0.05) is 6.54 Å². The summed E-state index contributed by atoms with van der Waals surface area (Å²) in [6.07, 6.45) is 2.99. The highest BCUT2D eigenvalue weighted by molar-refractivity contribution is 5.28. The highest BCUT2D eigenvalue weighted by Gasteiger charge is 1.95. The maximum atomic E-state index is 12.7. The summed E-state index contributed by atoms with van der Waals surface area (Å²) in [6, 6.07) is 7.77. The average molecular weight is 209 g/mol. The molecule has 0 radical (unpaired) electrons. The molecule has 1 aromatic carbocycles. The van der Waals surface area contributed by atoms with Crippen LogP contribution in [0.4, 0.5) is 4.39 Å². The maximum absolute atomic E-state index is 12.7. The third-order valence-electron chi connectivity index (χ3n) is 2.13. The van der Waals surface area contributed by atoms with E-state index in [1.807, 2.05) is 24.3 Å². The van der Waals surface area contributed by atoms with Gasteiger partial charge in [-0.3, -0.25) is 0 Å². The first kappa shape index (κ1) is 11.7. The molecule has 0 amide bonds. The van der Waals surface area contributed by atoms with E-state index in [2.05, 4.69) is 0 Å². The Balaban J connectivity index is 2.50. The van der Waals surface area contributed by atoms with Gasteiger partial charge in [0.05, 0.1) is 7.11 Å². The van der Waals surface area contributed by atoms with Crippen molar-refractivity contribution in [2.24, 2.45) is 5.73 Å². The fraction of sp³-hybridized carbons (Fsp3) is 0.333. The number of methoxy groups -OCH3 is 1. The fourth-order valence-corrected chi connectivity index (χ4v) is 1.31. The van der Waals surface area contributed by atoms with Crippen LogP contribution in [0.3, 0.4) is 0 Å². The first-order chi connectivity index (χ1) is 7.26. The summed E-state index contributed by atoms with van der Waals surface area (Å²) in [5.41, 5.74) is 6.27. The molecule has 0 aliphatic carbocycles. The number of hydrogen-bond donors (Lipinski definition) is 1. The van der Waals surface area contributed by atoms with Crippen LogP contribution >= 0.6 is 0 Å². The quantitative estimate of drug-likeness (QED) is 0.808. The summed E-state index contributed by atoms with van der Waals surface area (Å²) in [5.74, 6) is 0.577. The van der Waals surface area contributed by atoms with Crippen molar-refractivity contribution in [1.82, 2.24) is 0 Å². The second-order valence-corrected chi connectivity index (χ2v) is 3.25. The standard InChI is InChI=1S/C12H16FNO/c1-15-12-7-3-5-10(8-12)4-2-6-11(13)9-14/h3,5-8H,2,4,9,14H2,1H3/b11-6+. The molecule has 0 aromatic heterocycles. The monoisotopic (exact) mass is 209 g/mol. The number of rotatable bonds is 5. The fourth-order valence-electron chi connectivity index (χ4n) is 1.31. The van der Waals surface area contributed by atoms with E-state index in [0.717, 1.165) is 17.7 Å². The van der Waals surface area contributed by atoms with Gasteiger partial charge in [0.2, 0.25) is 0 Å². The van der Waals surface area contributed by atoms with E-state index in [9.17, 15) is 4.39 Å². The zero-order valence-corrected chi connectivity index (χ0v) is 8.87. The summed E-state index contributed by atoms with van der Waals surface area (Å²) in [4.78, 5) is 0. The summed E-state index contributed by atoms with van der Waals surface area (Å²) in [7, 11) is 1.63. The lowest BCUT2D eigenvalue weighted by Gasteiger charge is -2.02. The molecular weight excluding hydrogens is 193 g/mol. The molecule has 0 spiro atoms. The smallest absolute Gasteiger partial charge is 0.119 e. The van der Waals surface area contributed by atoms with Crippen molar-refractivity contribution in [2.75, 3.05) is 13.7 Å². The van der Waals surface area contributed by atoms with Crippen LogP contribution in [0.25, 0.3) is 0 Å². The summed E-state index contributed by atoms with van der Waals surface area (Å²) < 4.78 is 17.8. The second kappa shape index (κ2) is 6.19. The Hall–Kier alpha value is -1.35. The van der Waals surface area contributed by atoms with E-state index in [-0.39, 0.29) is 12.4 Å². The molecule has 2 nitrogen and oxygen atoms in total. The minimum absolute atomic E-state index is 0.0158. The summed E-state index contributed by atoms with van der Waals surface area (Å²) in [5, 5.41) is 0. The van der Waals surface area contributed by atoms with E-state index in [0.29, 0.717) is 6.42 Å². The molecule has 0 aliphatic rings. The third kappa shape index (κ3) is 4.13. The molecule has 0 fully saturated rings. The zero-order valence-electron chi connectivity index (χ0n) is 8.87. The van der Waals surface area contributed by atoms with Gasteiger partial charge in [0.15, 0.2) is 0 Å². The van der Waals surface area contributed by atoms with Crippen LogP contribution in [0, 0.1) is 0 Å². The van der Waals surface area contributed by atoms with E-state index >= 15 is 0 Å². The van der Waals surface area contributed by atoms with Gasteiger partial charge in [-0.05, 0) is 30.5 Å². The molecule has 82 valence electrons. The summed E-state index contributed by atoms with van der Waals surface area (Å²) >= 11 is 0. The van der Waals surface area contributed by atoms with Crippen molar-refractivity contribution in [3.05, 3.63) is 41.7 Å². The van der Waals surface area contributed by atoms with Crippen molar-refractivity contribution < 1.29 is 9.13 Å². The number of halogens is 1. The number of hydrogen-bond acceptors (Lipinski definition) is 2. The zero-order chi connectivity index (χ0) is 11.1. The van der Waals surface area contributed by atoms with Crippen molar-refractivity contribution >= 4 is 0 Å². The van der Waals surface area contributed by atoms with Crippen molar-refractivity contribution in [3.63, 3.8) is 0 Å². The first-order valence-electron chi connectivity index (χ1n) is 4.94. The molecular formula is C12H16FNO. The Kier molecular flexibility index (Phi) is 4.84. The van der Waals surface area contributed by atoms with Gasteiger partial charge in [-0.2, -0.15) is 0 Å². The lowest BCUT2D eigenvalue weighted by Crippen LogP contribution is -1.98. The third-order valence-corrected chi connectivity index (χ3v) is 2.13. The van der Waals surface area contributed by atoms with Crippen LogP contribution in [-0.2, 0) is 6.42 Å². The Morgan fingerprint density at radius 3 is 3.00 bits per heavy atom. The Morgan fingerprint density at radius 2 is 2.33 bits per heavy atom. The molecule has 0 aliphatic heterocycles. The van der Waals surface area contributed by atoms with Crippen LogP contribution in [-0.4, -0.2) is 13.7 Å². The second-order valence-electron chi connectivity index (χ2n) is 3.25. The van der Waals surface area contributed by atoms with Gasteiger partial charge in [-0.15, -0.1) is 0 Å². The number of aryl methyl sites for hydroxylation is 1. The maximum Gasteiger partial charge on any atom is 0.119 e. The molecule has 1 rings (SSSR count). The molecule has 15 heavy (non-hydrogen) atoms. The van der Waals surface area contributed by atoms with E-state index < -0.39 is 0 Å². The van der Waals surface area contributed by atoms with E-state index in [1.165, 1.54) is 6.08 Å². The predicted octanol–water partition coefficient (Wildman–Crippen LogP) is 2.44. The number of allylic oxidation sites excluding steroid dienone is 1. The van der Waals surface area contributed by atoms with Gasteiger partial charge in [0.25, 0.3) is 0 Å². The topological polar surface area (TPSA) is 35.2 Å². The Morgan fingerprint density at radius 1 is 1.53 bits per heavy atom. The Bertz CT molecular complexity index is 336. The molecule has 0 bridgehead atoms. The van der Waals surface area contributed by atoms with Crippen molar-refractivity contribution in [2.45, 2.75) is 12.8 Å². The highest BCUT2D eigenvalue weighted by atomic mass is 19.1. The molecule has 0 heterocycles. The van der Waals surface area contributed by atoms with E-state index in [1.54, 1.807) is 7.11 Å². The number of ether oxygens (including phenoxy) is 1. The predicted molar refractivity (Wildman–Crippen MR) is 59.6 cm³/mol. The lowest BCUT2D eigenvalue weighted by molar-refractivity contribution is 0.414. The SMILES string of the molecule is COc1cccc(CC/C=C(/F)CN)c1. The first-order valence-corrected chi connectivity index (χ1v) is 4.94. The van der Waals surface area contributed by atoms with Crippen molar-refractivity contribution in [3.8, 4) is 5.75 Å². The highest BCUT2D eigenvalue weighted by Crippen LogP contribution is 2.14. The van der Waals surface area contributed by atoms with Crippen LogP contribution in [0.5, 0.6) is 5.75 Å². The summed E-state index contributed by atoms with van der Waals surface area (Å²) in [6.45, 7) is -0.0158. The molecule has 0 atom stereocenters. The van der Waals surface area contributed by atoms with Crippen LogP contribution < -0.4 is 10.5 Å². The molecule has 0 saturated carbocycles. The normalized spacial score (nSPS) is 11.5. The lowest BCUT2D eigenvalue weighted by atomic mass is 10.1. The minimum atomic E-state index is -0.252. The molecule has 2 N–H and O–H groups in total. The molecule has 0 unspecified atom stereocenters. The average Bonchev–Trinajstić information content (AvgIpc) is 2.29. The van der Waals surface area contributed by atoms with E-state index in [4.69, 9.17) is 10.5 Å². The number of benzene rings is 1. The Labute approximate surface area is 89.6 Å². The minimum Gasteiger partial charge on any atom is -0.497 e. The largest absolute Gasteiger partial charge is 0.497 e. The van der Waals surface area contributed by atoms with Gasteiger partial charge in [-0.25, -0.2) is 4.39 Å². The van der Waals surface area contributed by atoms with Gasteiger partial charge in [-0.1, -0.05) is 18.2 Å². The van der Waals surface area contributed by atoms with Gasteiger partial charge in [0.1, 0.15) is 11.6 Å². The van der Waals surface area contributed by atoms with Crippen LogP contribution in [0.2, 0.25) is 0 Å². The molecule has 0 saturated heterocycles. The van der Waals surface area contributed by atoms with Crippen LogP contribution in [0.15, 0.2) is 36.2 Å². The molecule has 3 heteroatoms. The van der Waals surface area contributed by atoms with Gasteiger partial charge < -0.3 is 10.5 Å². The van der Waals surface area contributed by atoms with Crippen LogP contribution in [0.1, 0.15) is 12.0 Å². The molecule has 1 aromatic rings. The van der Waals surface area contributed by atoms with Crippen molar-refractivity contribution in [1.29, 1.82) is 0 Å². The number of nitrogens with two attached hydrogens (primary N) is 1.